The molecule has 0 saturated heterocycles. The van der Waals surface area contributed by atoms with E-state index in [2.05, 4.69) is 15.9 Å². The van der Waals surface area contributed by atoms with E-state index in [0.717, 1.165) is 10.7 Å². The van der Waals surface area contributed by atoms with Crippen molar-refractivity contribution in [2.75, 3.05) is 13.7 Å². The molecule has 1 N–H and O–H groups in total. The molecule has 0 unspecified atom stereocenters. The van der Waals surface area contributed by atoms with Crippen molar-refractivity contribution in [3.05, 3.63) is 34.5 Å². The minimum atomic E-state index is -0.591. The van der Waals surface area contributed by atoms with E-state index in [-0.39, 0.29) is 12.2 Å². The van der Waals surface area contributed by atoms with Crippen molar-refractivity contribution in [2.45, 2.75) is 6.92 Å². The molecule has 1 rings (SSSR count). The first-order valence-electron chi connectivity index (χ1n) is 4.99. The Balaban J connectivity index is 3.20. The molecule has 0 fully saturated rings. The van der Waals surface area contributed by atoms with E-state index >= 15 is 0 Å². The van der Waals surface area contributed by atoms with Crippen molar-refractivity contribution in [3.63, 3.8) is 0 Å². The Kier molecular flexibility index (Phi) is 5.03. The van der Waals surface area contributed by atoms with Gasteiger partial charge in [-0.15, -0.1) is 0 Å². The average Bonchev–Trinajstić information content (AvgIpc) is 2.31. The highest BCUT2D eigenvalue weighted by Crippen LogP contribution is 2.29. The first-order chi connectivity index (χ1) is 8.13. The van der Waals surface area contributed by atoms with E-state index in [0.29, 0.717) is 11.3 Å². The second-order valence-corrected chi connectivity index (χ2v) is 4.02. The number of halogens is 1. The van der Waals surface area contributed by atoms with Gasteiger partial charge in [0.25, 0.3) is 0 Å². The number of aliphatic hydroxyl groups excluding tert-OH is 1. The molecule has 1 aromatic rings. The molecule has 0 aliphatic heterocycles. The summed E-state index contributed by atoms with van der Waals surface area (Å²) in [5.41, 5.74) is 0.535. The van der Waals surface area contributed by atoms with Crippen LogP contribution in [-0.4, -0.2) is 24.8 Å². The number of hydrogen-bond donors (Lipinski definition) is 1. The third-order valence-electron chi connectivity index (χ3n) is 2.08. The predicted molar refractivity (Wildman–Crippen MR) is 67.9 cm³/mol. The monoisotopic (exact) mass is 300 g/mol. The molecule has 0 radical (unpaired) electrons. The Labute approximate surface area is 108 Å². The molecule has 17 heavy (non-hydrogen) atoms. The third kappa shape index (κ3) is 3.23. The van der Waals surface area contributed by atoms with E-state index < -0.39 is 5.97 Å². The molecule has 0 bridgehead atoms. The van der Waals surface area contributed by atoms with Gasteiger partial charge in [0.1, 0.15) is 11.3 Å². The van der Waals surface area contributed by atoms with Gasteiger partial charge >= 0.3 is 5.97 Å². The van der Waals surface area contributed by atoms with Gasteiger partial charge < -0.3 is 14.6 Å². The average molecular weight is 301 g/mol. The van der Waals surface area contributed by atoms with Gasteiger partial charge in [0.2, 0.25) is 0 Å². The van der Waals surface area contributed by atoms with Crippen molar-refractivity contribution in [1.29, 1.82) is 0 Å². The summed E-state index contributed by atoms with van der Waals surface area (Å²) in [6.07, 6.45) is 0.724. The lowest BCUT2D eigenvalue weighted by atomic mass is 10.1. The maximum absolute atomic E-state index is 11.6. The topological polar surface area (TPSA) is 55.8 Å². The fraction of sp³-hybridized carbons (Fsp3) is 0.250. The molecule has 4 nitrogen and oxygen atoms in total. The summed E-state index contributed by atoms with van der Waals surface area (Å²) in [6, 6.07) is 5.16. The first kappa shape index (κ1) is 13.6. The van der Waals surface area contributed by atoms with Crippen LogP contribution in [0.15, 0.2) is 28.9 Å². The maximum Gasteiger partial charge on any atom is 0.342 e. The Bertz CT molecular complexity index is 440. The van der Waals surface area contributed by atoms with Crippen LogP contribution >= 0.6 is 15.9 Å². The number of esters is 1. The normalized spacial score (nSPS) is 11.1. The predicted octanol–water partition coefficient (Wildman–Crippen LogP) is 2.92. The Hall–Kier alpha value is -1.49. The summed E-state index contributed by atoms with van der Waals surface area (Å²) in [7, 11) is 1.49. The molecule has 0 spiro atoms. The second kappa shape index (κ2) is 6.30. The lowest BCUT2D eigenvalue weighted by molar-refractivity contribution is -0.136. The lowest BCUT2D eigenvalue weighted by Gasteiger charge is -2.10. The summed E-state index contributed by atoms with van der Waals surface area (Å²) < 4.78 is 10.8. The Morgan fingerprint density at radius 2 is 2.24 bits per heavy atom. The quantitative estimate of drug-likeness (QED) is 0.528. The lowest BCUT2D eigenvalue weighted by Crippen LogP contribution is -2.08. The molecule has 5 heteroatoms. The van der Waals surface area contributed by atoms with E-state index in [1.807, 2.05) is 0 Å². The highest BCUT2D eigenvalue weighted by Gasteiger charge is 2.18. The molecular formula is C12H13BrO4. The number of methoxy groups -OCH3 is 1. The van der Waals surface area contributed by atoms with Gasteiger partial charge in [-0.3, -0.25) is 0 Å². The molecule has 0 heterocycles. The molecule has 92 valence electrons. The molecule has 1 aromatic carbocycles. The maximum atomic E-state index is 11.6. The van der Waals surface area contributed by atoms with E-state index in [1.165, 1.54) is 7.11 Å². The molecule has 0 aliphatic carbocycles. The standard InChI is InChI=1S/C12H13BrO4/c1-3-17-12(15)10(7-14)9-6-8(13)4-5-11(9)16-2/h4-7,14H,3H2,1-2H3/b10-7+. The van der Waals surface area contributed by atoms with Crippen molar-refractivity contribution in [2.24, 2.45) is 0 Å². The van der Waals surface area contributed by atoms with Crippen molar-refractivity contribution in [1.82, 2.24) is 0 Å². The minimum absolute atomic E-state index is 0.0602. The van der Waals surface area contributed by atoms with Gasteiger partial charge in [-0.1, -0.05) is 15.9 Å². The van der Waals surface area contributed by atoms with Crippen LogP contribution in [0.2, 0.25) is 0 Å². The summed E-state index contributed by atoms with van der Waals surface area (Å²) in [5, 5.41) is 9.15. The molecular weight excluding hydrogens is 288 g/mol. The zero-order valence-corrected chi connectivity index (χ0v) is 11.2. The number of carbonyl (C=O) groups excluding carboxylic acids is 1. The fourth-order valence-corrected chi connectivity index (χ4v) is 1.69. The number of carbonyl (C=O) groups is 1. The highest BCUT2D eigenvalue weighted by molar-refractivity contribution is 9.10. The number of hydrogen-bond acceptors (Lipinski definition) is 4. The van der Waals surface area contributed by atoms with Crippen molar-refractivity contribution < 1.29 is 19.4 Å². The summed E-state index contributed by atoms with van der Waals surface area (Å²) in [6.45, 7) is 1.94. The van der Waals surface area contributed by atoms with Gasteiger partial charge in [-0.05, 0) is 25.1 Å². The molecule has 0 atom stereocenters. The second-order valence-electron chi connectivity index (χ2n) is 3.11. The van der Waals surface area contributed by atoms with Gasteiger partial charge in [0.15, 0.2) is 0 Å². The number of benzene rings is 1. The van der Waals surface area contributed by atoms with Gasteiger partial charge in [0.05, 0.1) is 20.0 Å². The summed E-state index contributed by atoms with van der Waals surface area (Å²) >= 11 is 3.29. The van der Waals surface area contributed by atoms with Gasteiger partial charge in [-0.2, -0.15) is 0 Å². The molecule has 0 saturated carbocycles. The molecule has 0 aromatic heterocycles. The van der Waals surface area contributed by atoms with Gasteiger partial charge in [-0.25, -0.2) is 4.79 Å². The zero-order valence-electron chi connectivity index (χ0n) is 9.57. The van der Waals surface area contributed by atoms with Crippen LogP contribution in [0.25, 0.3) is 5.57 Å². The number of ether oxygens (including phenoxy) is 2. The molecule has 0 aliphatic rings. The van der Waals surface area contributed by atoms with Crippen LogP contribution in [0.4, 0.5) is 0 Å². The highest BCUT2D eigenvalue weighted by atomic mass is 79.9. The number of rotatable bonds is 4. The van der Waals surface area contributed by atoms with E-state index in [9.17, 15) is 4.79 Å². The summed E-state index contributed by atoms with van der Waals surface area (Å²) in [4.78, 5) is 11.6. The van der Waals surface area contributed by atoms with Crippen LogP contribution in [-0.2, 0) is 9.53 Å². The van der Waals surface area contributed by atoms with Crippen LogP contribution in [0.5, 0.6) is 5.75 Å². The van der Waals surface area contributed by atoms with Crippen LogP contribution in [0.3, 0.4) is 0 Å². The summed E-state index contributed by atoms with van der Waals surface area (Å²) in [5.74, 6) is -0.104. The minimum Gasteiger partial charge on any atom is -0.515 e. The SMILES string of the molecule is CCOC(=O)/C(=C/O)c1cc(Br)ccc1OC. The third-order valence-corrected chi connectivity index (χ3v) is 2.57. The van der Waals surface area contributed by atoms with Crippen LogP contribution in [0, 0.1) is 0 Å². The fourth-order valence-electron chi connectivity index (χ4n) is 1.33. The van der Waals surface area contributed by atoms with Gasteiger partial charge in [0, 0.05) is 10.0 Å². The largest absolute Gasteiger partial charge is 0.515 e. The van der Waals surface area contributed by atoms with E-state index in [4.69, 9.17) is 14.6 Å². The van der Waals surface area contributed by atoms with Crippen LogP contribution in [0.1, 0.15) is 12.5 Å². The Morgan fingerprint density at radius 3 is 2.76 bits per heavy atom. The zero-order chi connectivity index (χ0) is 12.8. The smallest absolute Gasteiger partial charge is 0.342 e. The molecule has 0 amide bonds. The first-order valence-corrected chi connectivity index (χ1v) is 5.78. The van der Waals surface area contributed by atoms with Crippen molar-refractivity contribution in [3.8, 4) is 5.75 Å². The Morgan fingerprint density at radius 1 is 1.53 bits per heavy atom. The number of aliphatic hydroxyl groups is 1. The van der Waals surface area contributed by atoms with Crippen molar-refractivity contribution >= 4 is 27.5 Å². The van der Waals surface area contributed by atoms with E-state index in [1.54, 1.807) is 25.1 Å². The van der Waals surface area contributed by atoms with Crippen LogP contribution < -0.4 is 4.74 Å².